The molecule has 3 nitrogen and oxygen atoms in total. The quantitative estimate of drug-likeness (QED) is 0.839. The molecule has 0 aliphatic carbocycles. The fraction of sp³-hybridized carbons (Fsp3) is 0.400. The molecule has 0 spiro atoms. The van der Waals surface area contributed by atoms with Gasteiger partial charge in [-0.2, -0.15) is 0 Å². The van der Waals surface area contributed by atoms with Crippen LogP contribution in [0.4, 0.5) is 0 Å². The van der Waals surface area contributed by atoms with E-state index in [4.69, 9.17) is 5.11 Å². The van der Waals surface area contributed by atoms with Crippen molar-refractivity contribution in [2.75, 3.05) is 7.11 Å². The van der Waals surface area contributed by atoms with Gasteiger partial charge in [-0.05, 0) is 31.9 Å². The molecule has 20 heavy (non-hydrogen) atoms. The number of nitrogens with one attached hydrogen (secondary N) is 1. The molecule has 2 N–H and O–H groups in total. The van der Waals surface area contributed by atoms with E-state index < -0.39 is 0 Å². The molecule has 110 valence electrons. The zero-order valence-electron chi connectivity index (χ0n) is 12.4. The molecular weight excluding hydrogens is 288 g/mol. The Bertz CT molecular complexity index is 476. The third-order valence-corrected chi connectivity index (χ3v) is 4.05. The van der Waals surface area contributed by atoms with Gasteiger partial charge in [-0.1, -0.05) is 36.2 Å². The number of hydrogen-bond donors (Lipinski definition) is 2. The highest BCUT2D eigenvalue weighted by Crippen LogP contribution is 2.24. The first kappa shape index (κ1) is 17.2. The maximum absolute atomic E-state index is 7.00. The van der Waals surface area contributed by atoms with Gasteiger partial charge in [-0.15, -0.1) is 11.3 Å². The highest BCUT2D eigenvalue weighted by Gasteiger charge is 2.09. The van der Waals surface area contributed by atoms with Crippen molar-refractivity contribution < 1.29 is 5.11 Å². The lowest BCUT2D eigenvalue weighted by molar-refractivity contribution is 0.399. The molecular formula is C15H22N2OS2. The van der Waals surface area contributed by atoms with Crippen LogP contribution in [0, 0.1) is 0 Å². The topological polar surface area (TPSA) is 45.2 Å². The minimum atomic E-state index is 0.253. The number of rotatable bonds is 4. The molecule has 0 radical (unpaired) electrons. The van der Waals surface area contributed by atoms with Crippen LogP contribution in [0.15, 0.2) is 36.0 Å². The van der Waals surface area contributed by atoms with Gasteiger partial charge in [-0.3, -0.25) is 9.71 Å². The second-order valence-electron chi connectivity index (χ2n) is 5.10. The van der Waals surface area contributed by atoms with Gasteiger partial charge in [-0.25, -0.2) is 0 Å². The van der Waals surface area contributed by atoms with Crippen LogP contribution >= 0.6 is 23.3 Å². The summed E-state index contributed by atoms with van der Waals surface area (Å²) in [5.74, 6) is 0. The second-order valence-corrected chi connectivity index (χ2v) is 7.70. The predicted octanol–water partition coefficient (Wildman–Crippen LogP) is 3.95. The molecule has 0 bridgehead atoms. The first-order valence-electron chi connectivity index (χ1n) is 6.38. The van der Waals surface area contributed by atoms with E-state index >= 15 is 0 Å². The maximum Gasteiger partial charge on any atom is 0.0797 e. The molecule has 1 aromatic heterocycles. The first-order valence-corrected chi connectivity index (χ1v) is 8.07. The van der Waals surface area contributed by atoms with Crippen molar-refractivity contribution in [2.24, 2.45) is 0 Å². The number of aliphatic hydroxyl groups is 1. The first-order chi connectivity index (χ1) is 9.54. The Balaban J connectivity index is 0.000000956. The van der Waals surface area contributed by atoms with Crippen LogP contribution in [0.1, 0.15) is 26.3 Å². The Hall–Kier alpha value is -0.880. The van der Waals surface area contributed by atoms with Crippen LogP contribution < -0.4 is 4.72 Å². The van der Waals surface area contributed by atoms with Gasteiger partial charge in [0.15, 0.2) is 0 Å². The lowest BCUT2D eigenvalue weighted by Gasteiger charge is -2.17. The summed E-state index contributed by atoms with van der Waals surface area (Å²) in [5, 5.41) is 7.00. The molecule has 2 rings (SSSR count). The predicted molar refractivity (Wildman–Crippen MR) is 89.9 cm³/mol. The van der Waals surface area contributed by atoms with Gasteiger partial charge >= 0.3 is 0 Å². The maximum atomic E-state index is 7.00. The highest BCUT2D eigenvalue weighted by atomic mass is 32.2. The Labute approximate surface area is 129 Å². The van der Waals surface area contributed by atoms with Gasteiger partial charge in [0.25, 0.3) is 0 Å². The van der Waals surface area contributed by atoms with Gasteiger partial charge in [0.1, 0.15) is 0 Å². The van der Waals surface area contributed by atoms with Crippen molar-refractivity contribution in [3.63, 3.8) is 0 Å². The molecule has 0 atom stereocenters. The number of thiazole rings is 1. The Morgan fingerprint density at radius 3 is 2.35 bits per heavy atom. The molecule has 0 aliphatic heterocycles. The van der Waals surface area contributed by atoms with E-state index in [-0.39, 0.29) is 4.75 Å². The molecule has 0 amide bonds. The normalized spacial score (nSPS) is 10.8. The summed E-state index contributed by atoms with van der Waals surface area (Å²) in [6.45, 7) is 7.51. The molecule has 1 heterocycles. The average Bonchev–Trinajstić information content (AvgIpc) is 2.94. The molecule has 2 aromatic rings. The number of hydrogen-bond acceptors (Lipinski definition) is 5. The molecule has 0 aliphatic rings. The van der Waals surface area contributed by atoms with Crippen LogP contribution in [0.2, 0.25) is 0 Å². The highest BCUT2D eigenvalue weighted by molar-refractivity contribution is 7.98. The Morgan fingerprint density at radius 1 is 1.20 bits per heavy atom. The zero-order chi connectivity index (χ0) is 15.0. The van der Waals surface area contributed by atoms with E-state index in [2.05, 4.69) is 54.7 Å². The van der Waals surface area contributed by atoms with Crippen molar-refractivity contribution in [3.8, 4) is 10.4 Å². The number of aromatic nitrogens is 1. The van der Waals surface area contributed by atoms with Gasteiger partial charge < -0.3 is 5.11 Å². The van der Waals surface area contributed by atoms with Gasteiger partial charge in [0, 0.05) is 24.6 Å². The third kappa shape index (κ3) is 6.05. The summed E-state index contributed by atoms with van der Waals surface area (Å²) < 4.78 is 3.66. The number of benzene rings is 1. The van der Waals surface area contributed by atoms with Crippen LogP contribution in [0.3, 0.4) is 0 Å². The SMILES string of the molecule is CC(C)(C)SNCc1ccc(-c2cncs2)cc1.CO. The van der Waals surface area contributed by atoms with Gasteiger partial charge in [0.05, 0.1) is 10.4 Å². The molecule has 0 saturated carbocycles. The van der Waals surface area contributed by atoms with Crippen molar-refractivity contribution in [1.29, 1.82) is 0 Å². The Morgan fingerprint density at radius 2 is 1.85 bits per heavy atom. The van der Waals surface area contributed by atoms with E-state index in [1.807, 2.05) is 11.7 Å². The second kappa shape index (κ2) is 8.42. The van der Waals surface area contributed by atoms with Crippen LogP contribution in [-0.4, -0.2) is 21.9 Å². The van der Waals surface area contributed by atoms with E-state index in [1.54, 1.807) is 23.3 Å². The van der Waals surface area contributed by atoms with Crippen LogP contribution in [0.25, 0.3) is 10.4 Å². The summed E-state index contributed by atoms with van der Waals surface area (Å²) >= 11 is 3.44. The van der Waals surface area contributed by atoms with E-state index in [1.165, 1.54) is 16.0 Å². The lowest BCUT2D eigenvalue weighted by Crippen LogP contribution is -2.16. The van der Waals surface area contributed by atoms with Crippen LogP contribution in [-0.2, 0) is 6.54 Å². The summed E-state index contributed by atoms with van der Waals surface area (Å²) in [4.78, 5) is 5.32. The van der Waals surface area contributed by atoms with Crippen molar-refractivity contribution >= 4 is 23.3 Å². The average molecular weight is 310 g/mol. The van der Waals surface area contributed by atoms with Crippen molar-refractivity contribution in [3.05, 3.63) is 41.5 Å². The van der Waals surface area contributed by atoms with E-state index in [0.29, 0.717) is 0 Å². The Kier molecular flexibility index (Phi) is 7.23. The fourth-order valence-corrected chi connectivity index (χ4v) is 2.78. The lowest BCUT2D eigenvalue weighted by atomic mass is 10.1. The summed E-state index contributed by atoms with van der Waals surface area (Å²) in [6.07, 6.45) is 1.91. The fourth-order valence-electron chi connectivity index (χ4n) is 1.48. The minimum Gasteiger partial charge on any atom is -0.400 e. The van der Waals surface area contributed by atoms with Gasteiger partial charge in [0.2, 0.25) is 0 Å². The standard InChI is InChI=1S/C14H18N2S2.CH4O/c1-14(2,3)18-16-8-11-4-6-12(7-5-11)13-9-15-10-17-13;1-2/h4-7,9-10,16H,8H2,1-3H3;2H,1H3. The number of aliphatic hydroxyl groups excluding tert-OH is 1. The third-order valence-electron chi connectivity index (χ3n) is 2.33. The number of nitrogens with zero attached hydrogens (tertiary/aromatic N) is 1. The zero-order valence-corrected chi connectivity index (χ0v) is 14.0. The van der Waals surface area contributed by atoms with E-state index in [0.717, 1.165) is 13.7 Å². The molecule has 0 fully saturated rings. The largest absolute Gasteiger partial charge is 0.400 e. The smallest absolute Gasteiger partial charge is 0.0797 e. The molecule has 5 heteroatoms. The molecule has 0 unspecified atom stereocenters. The van der Waals surface area contributed by atoms with Crippen molar-refractivity contribution in [1.82, 2.24) is 9.71 Å². The molecule has 1 aromatic carbocycles. The van der Waals surface area contributed by atoms with Crippen molar-refractivity contribution in [2.45, 2.75) is 32.1 Å². The van der Waals surface area contributed by atoms with E-state index in [9.17, 15) is 0 Å². The summed E-state index contributed by atoms with van der Waals surface area (Å²) in [6, 6.07) is 8.66. The summed E-state index contributed by atoms with van der Waals surface area (Å²) in [7, 11) is 1.00. The minimum absolute atomic E-state index is 0.253. The monoisotopic (exact) mass is 310 g/mol. The summed E-state index contributed by atoms with van der Waals surface area (Å²) in [5.41, 5.74) is 4.41. The van der Waals surface area contributed by atoms with Crippen LogP contribution in [0.5, 0.6) is 0 Å². The molecule has 0 saturated heterocycles.